The molecule has 0 fully saturated rings. The van der Waals surface area contributed by atoms with E-state index in [2.05, 4.69) is 53.6 Å². The van der Waals surface area contributed by atoms with E-state index in [1.54, 1.807) is 4.52 Å². The molecule has 0 aliphatic carbocycles. The van der Waals surface area contributed by atoms with Crippen molar-refractivity contribution in [1.82, 2.24) is 19.8 Å². The molecule has 2 aromatic heterocycles. The number of hydrogen-bond donors (Lipinski definition) is 2. The molecule has 1 amide bonds. The molecule has 3 aromatic rings. The second-order valence-corrected chi connectivity index (χ2v) is 8.39. The van der Waals surface area contributed by atoms with Crippen molar-refractivity contribution in [2.45, 2.75) is 58.6 Å². The van der Waals surface area contributed by atoms with Crippen LogP contribution in [0.1, 0.15) is 58.5 Å². The summed E-state index contributed by atoms with van der Waals surface area (Å²) in [6, 6.07) is 9.61. The minimum Gasteiger partial charge on any atom is -0.478 e. The lowest BCUT2D eigenvalue weighted by Gasteiger charge is -2.26. The monoisotopic (exact) mass is 394 g/mol. The number of rotatable bonds is 4. The lowest BCUT2D eigenvalue weighted by Crippen LogP contribution is -2.36. The molecule has 1 aromatic carbocycles. The largest absolute Gasteiger partial charge is 0.478 e. The van der Waals surface area contributed by atoms with Gasteiger partial charge in [0.2, 0.25) is 0 Å². The molecule has 1 aliphatic rings. The number of anilines is 2. The molecular formula is C21H26N6O2. The van der Waals surface area contributed by atoms with Crippen LogP contribution < -0.4 is 15.4 Å². The summed E-state index contributed by atoms with van der Waals surface area (Å²) in [4.78, 5) is 12.0. The number of amides is 1. The van der Waals surface area contributed by atoms with Crippen molar-refractivity contribution in [1.29, 1.82) is 0 Å². The standard InChI is InChI=1S/C21H26N6O2/c1-6-15-19(28)23-14-8-7-13(11-16(14)29-15)12(2)22-17-9-10-18-24-25-20(21(3,4)5)27(18)26-17/h7-12,15H,6H2,1-5H3,(H,22,26)(H,23,28). The Hall–Kier alpha value is -3.16. The molecule has 8 heteroatoms. The smallest absolute Gasteiger partial charge is 0.265 e. The minimum absolute atomic E-state index is 0.0129. The first-order chi connectivity index (χ1) is 13.8. The molecule has 8 nitrogen and oxygen atoms in total. The number of nitrogens with one attached hydrogen (secondary N) is 2. The van der Waals surface area contributed by atoms with Crippen LogP contribution in [0.5, 0.6) is 5.75 Å². The zero-order valence-corrected chi connectivity index (χ0v) is 17.4. The summed E-state index contributed by atoms with van der Waals surface area (Å²) in [7, 11) is 0. The molecule has 0 spiro atoms. The Bertz CT molecular complexity index is 1070. The van der Waals surface area contributed by atoms with Crippen LogP contribution in [0.4, 0.5) is 11.5 Å². The van der Waals surface area contributed by atoms with E-state index in [1.807, 2.05) is 37.3 Å². The Morgan fingerprint density at radius 3 is 2.76 bits per heavy atom. The molecule has 2 atom stereocenters. The Morgan fingerprint density at radius 1 is 1.24 bits per heavy atom. The van der Waals surface area contributed by atoms with Crippen molar-refractivity contribution in [2.24, 2.45) is 0 Å². The number of aromatic nitrogens is 4. The number of carbonyl (C=O) groups is 1. The van der Waals surface area contributed by atoms with E-state index < -0.39 is 6.10 Å². The maximum absolute atomic E-state index is 12.0. The van der Waals surface area contributed by atoms with Gasteiger partial charge in [0.15, 0.2) is 17.6 Å². The quantitative estimate of drug-likeness (QED) is 0.701. The van der Waals surface area contributed by atoms with Crippen molar-refractivity contribution in [3.8, 4) is 5.75 Å². The Labute approximate surface area is 169 Å². The average Bonchev–Trinajstić information content (AvgIpc) is 3.10. The van der Waals surface area contributed by atoms with E-state index >= 15 is 0 Å². The zero-order chi connectivity index (χ0) is 20.8. The van der Waals surface area contributed by atoms with Gasteiger partial charge in [0, 0.05) is 5.41 Å². The zero-order valence-electron chi connectivity index (χ0n) is 17.4. The molecule has 1 aliphatic heterocycles. The van der Waals surface area contributed by atoms with Crippen LogP contribution >= 0.6 is 0 Å². The van der Waals surface area contributed by atoms with Crippen molar-refractivity contribution >= 4 is 23.1 Å². The highest BCUT2D eigenvalue weighted by Gasteiger charge is 2.26. The van der Waals surface area contributed by atoms with Gasteiger partial charge in [-0.25, -0.2) is 0 Å². The molecule has 2 unspecified atom stereocenters. The van der Waals surface area contributed by atoms with Gasteiger partial charge in [-0.05, 0) is 43.2 Å². The van der Waals surface area contributed by atoms with Gasteiger partial charge in [-0.2, -0.15) is 4.52 Å². The van der Waals surface area contributed by atoms with Crippen LogP contribution in [-0.4, -0.2) is 31.8 Å². The molecule has 0 bridgehead atoms. The van der Waals surface area contributed by atoms with Gasteiger partial charge < -0.3 is 15.4 Å². The third-order valence-electron chi connectivity index (χ3n) is 4.99. The SMILES string of the molecule is CCC1Oc2cc(C(C)Nc3ccc4nnc(C(C)(C)C)n4n3)ccc2NC1=O. The molecule has 0 radical (unpaired) electrons. The van der Waals surface area contributed by atoms with Crippen LogP contribution in [-0.2, 0) is 10.2 Å². The van der Waals surface area contributed by atoms with E-state index in [4.69, 9.17) is 4.74 Å². The van der Waals surface area contributed by atoms with Crippen molar-refractivity contribution in [3.63, 3.8) is 0 Å². The molecule has 152 valence electrons. The Balaban J connectivity index is 1.58. The Morgan fingerprint density at radius 2 is 2.03 bits per heavy atom. The summed E-state index contributed by atoms with van der Waals surface area (Å²) in [5.41, 5.74) is 2.30. The number of nitrogens with zero attached hydrogens (tertiary/aromatic N) is 4. The van der Waals surface area contributed by atoms with Crippen LogP contribution in [0.3, 0.4) is 0 Å². The molecule has 2 N–H and O–H groups in total. The normalized spacial score (nSPS) is 17.4. The second kappa shape index (κ2) is 7.02. The molecule has 3 heterocycles. The van der Waals surface area contributed by atoms with Gasteiger partial charge in [0.05, 0.1) is 11.7 Å². The first kappa shape index (κ1) is 19.2. The number of benzene rings is 1. The van der Waals surface area contributed by atoms with Gasteiger partial charge in [-0.1, -0.05) is 33.8 Å². The highest BCUT2D eigenvalue weighted by atomic mass is 16.5. The van der Waals surface area contributed by atoms with E-state index in [0.29, 0.717) is 17.9 Å². The number of fused-ring (bicyclic) bond motifs is 2. The maximum Gasteiger partial charge on any atom is 0.265 e. The van der Waals surface area contributed by atoms with Crippen LogP contribution in [0.15, 0.2) is 30.3 Å². The van der Waals surface area contributed by atoms with Crippen molar-refractivity contribution in [3.05, 3.63) is 41.7 Å². The lowest BCUT2D eigenvalue weighted by molar-refractivity contribution is -0.123. The summed E-state index contributed by atoms with van der Waals surface area (Å²) >= 11 is 0. The molecular weight excluding hydrogens is 368 g/mol. The minimum atomic E-state index is -0.449. The second-order valence-electron chi connectivity index (χ2n) is 8.39. The van der Waals surface area contributed by atoms with Gasteiger partial charge in [0.1, 0.15) is 11.6 Å². The number of hydrogen-bond acceptors (Lipinski definition) is 6. The fourth-order valence-electron chi connectivity index (χ4n) is 3.34. The first-order valence-electron chi connectivity index (χ1n) is 9.87. The van der Waals surface area contributed by atoms with Crippen LogP contribution in [0.25, 0.3) is 5.65 Å². The third-order valence-corrected chi connectivity index (χ3v) is 4.99. The molecule has 29 heavy (non-hydrogen) atoms. The molecule has 0 saturated carbocycles. The third kappa shape index (κ3) is 3.62. The Kier molecular flexibility index (Phi) is 4.64. The summed E-state index contributed by atoms with van der Waals surface area (Å²) in [6.45, 7) is 10.3. The number of ether oxygens (including phenoxy) is 1. The predicted molar refractivity (Wildman–Crippen MR) is 111 cm³/mol. The van der Waals surface area contributed by atoms with Gasteiger partial charge in [0.25, 0.3) is 5.91 Å². The van der Waals surface area contributed by atoms with Crippen molar-refractivity contribution in [2.75, 3.05) is 10.6 Å². The predicted octanol–water partition coefficient (Wildman–Crippen LogP) is 3.70. The average molecular weight is 394 g/mol. The topological polar surface area (TPSA) is 93.4 Å². The molecule has 4 rings (SSSR count). The van der Waals surface area contributed by atoms with Gasteiger partial charge >= 0.3 is 0 Å². The highest BCUT2D eigenvalue weighted by Crippen LogP contribution is 2.33. The highest BCUT2D eigenvalue weighted by molar-refractivity contribution is 5.97. The fraction of sp³-hybridized carbons (Fsp3) is 0.429. The maximum atomic E-state index is 12.0. The van der Waals surface area contributed by atoms with E-state index in [1.165, 1.54) is 0 Å². The van der Waals surface area contributed by atoms with E-state index in [-0.39, 0.29) is 17.4 Å². The summed E-state index contributed by atoms with van der Waals surface area (Å²) < 4.78 is 7.64. The summed E-state index contributed by atoms with van der Waals surface area (Å²) in [5.74, 6) is 2.14. The van der Waals surface area contributed by atoms with Gasteiger partial charge in [-0.15, -0.1) is 15.3 Å². The summed E-state index contributed by atoms with van der Waals surface area (Å²) in [6.07, 6.45) is 0.178. The van der Waals surface area contributed by atoms with Crippen LogP contribution in [0.2, 0.25) is 0 Å². The van der Waals surface area contributed by atoms with E-state index in [9.17, 15) is 4.79 Å². The van der Waals surface area contributed by atoms with Crippen molar-refractivity contribution < 1.29 is 9.53 Å². The summed E-state index contributed by atoms with van der Waals surface area (Å²) in [5, 5.41) is 19.5. The molecule has 0 saturated heterocycles. The van der Waals surface area contributed by atoms with E-state index in [0.717, 1.165) is 22.9 Å². The first-order valence-corrected chi connectivity index (χ1v) is 9.87. The lowest BCUT2D eigenvalue weighted by atomic mass is 9.96. The number of carbonyl (C=O) groups excluding carboxylic acids is 1. The van der Waals surface area contributed by atoms with Gasteiger partial charge in [-0.3, -0.25) is 4.79 Å². The fourth-order valence-corrected chi connectivity index (χ4v) is 3.34. The van der Waals surface area contributed by atoms with Crippen LogP contribution in [0, 0.1) is 0 Å².